The maximum Gasteiger partial charge on any atom is 0.274 e. The van der Waals surface area contributed by atoms with Crippen LogP contribution in [0.15, 0.2) is 60.8 Å². The summed E-state index contributed by atoms with van der Waals surface area (Å²) in [5.74, 6) is 0.646. The molecule has 0 aliphatic rings. The molecule has 3 rings (SSSR count). The van der Waals surface area contributed by atoms with E-state index in [9.17, 15) is 4.79 Å². The highest BCUT2D eigenvalue weighted by molar-refractivity contribution is 6.03. The van der Waals surface area contributed by atoms with Crippen LogP contribution in [0.2, 0.25) is 0 Å². The van der Waals surface area contributed by atoms with E-state index in [1.807, 2.05) is 50.2 Å². The largest absolute Gasteiger partial charge is 0.497 e. The molecule has 0 spiro atoms. The van der Waals surface area contributed by atoms with Crippen LogP contribution in [0.25, 0.3) is 0 Å². The Labute approximate surface area is 165 Å². The second-order valence-corrected chi connectivity index (χ2v) is 6.73. The quantitative estimate of drug-likeness (QED) is 0.633. The summed E-state index contributed by atoms with van der Waals surface area (Å²) < 4.78 is 5.17. The van der Waals surface area contributed by atoms with Crippen LogP contribution >= 0.6 is 0 Å². The Morgan fingerprint density at radius 2 is 1.82 bits per heavy atom. The minimum atomic E-state index is -0.211. The average molecular weight is 375 g/mol. The molecule has 0 aliphatic heterocycles. The first kappa shape index (κ1) is 19.4. The molecular formula is C23H25N3O2. The standard InChI is InChI=1S/C23H25N3O2/c1-16-4-10-21(17(2)14-16)26-23(27)22-11-7-19(15-25-22)24-13-12-18-5-8-20(28-3)9-6-18/h4-11,14-15,24H,12-13H2,1-3H3,(H,26,27). The van der Waals surface area contributed by atoms with Gasteiger partial charge in [0.15, 0.2) is 0 Å². The van der Waals surface area contributed by atoms with Gasteiger partial charge in [-0.15, -0.1) is 0 Å². The first-order chi connectivity index (χ1) is 13.5. The number of hydrogen-bond donors (Lipinski definition) is 2. The van der Waals surface area contributed by atoms with Crippen LogP contribution in [0.3, 0.4) is 0 Å². The molecule has 28 heavy (non-hydrogen) atoms. The van der Waals surface area contributed by atoms with Crippen LogP contribution in [0, 0.1) is 13.8 Å². The predicted octanol–water partition coefficient (Wildman–Crippen LogP) is 4.61. The SMILES string of the molecule is COc1ccc(CCNc2ccc(C(=O)Nc3ccc(C)cc3C)nc2)cc1. The molecule has 0 unspecified atom stereocenters. The Morgan fingerprint density at radius 3 is 2.46 bits per heavy atom. The van der Waals surface area contributed by atoms with Crippen LogP contribution in [0.4, 0.5) is 11.4 Å². The number of benzene rings is 2. The predicted molar refractivity (Wildman–Crippen MR) is 113 cm³/mol. The molecule has 0 fully saturated rings. The zero-order valence-corrected chi connectivity index (χ0v) is 16.5. The summed E-state index contributed by atoms with van der Waals surface area (Å²) >= 11 is 0. The van der Waals surface area contributed by atoms with E-state index in [-0.39, 0.29) is 5.91 Å². The van der Waals surface area contributed by atoms with E-state index in [4.69, 9.17) is 4.74 Å². The number of ether oxygens (including phenoxy) is 1. The number of amides is 1. The van der Waals surface area contributed by atoms with Gasteiger partial charge < -0.3 is 15.4 Å². The van der Waals surface area contributed by atoms with Crippen molar-refractivity contribution in [2.24, 2.45) is 0 Å². The van der Waals surface area contributed by atoms with Gasteiger partial charge in [0.25, 0.3) is 5.91 Å². The maximum atomic E-state index is 12.4. The first-order valence-electron chi connectivity index (χ1n) is 9.26. The van der Waals surface area contributed by atoms with Gasteiger partial charge in [0.1, 0.15) is 11.4 Å². The molecular weight excluding hydrogens is 350 g/mol. The van der Waals surface area contributed by atoms with Crippen molar-refractivity contribution in [2.75, 3.05) is 24.3 Å². The molecule has 0 bridgehead atoms. The molecule has 2 aromatic carbocycles. The van der Waals surface area contributed by atoms with Crippen molar-refractivity contribution in [1.82, 2.24) is 4.98 Å². The smallest absolute Gasteiger partial charge is 0.274 e. The normalized spacial score (nSPS) is 10.4. The Hall–Kier alpha value is -3.34. The fourth-order valence-corrected chi connectivity index (χ4v) is 2.92. The van der Waals surface area contributed by atoms with Crippen molar-refractivity contribution in [3.05, 3.63) is 83.2 Å². The highest BCUT2D eigenvalue weighted by atomic mass is 16.5. The van der Waals surface area contributed by atoms with Crippen molar-refractivity contribution < 1.29 is 9.53 Å². The lowest BCUT2D eigenvalue weighted by atomic mass is 10.1. The van der Waals surface area contributed by atoms with Gasteiger partial charge in [-0.2, -0.15) is 0 Å². The zero-order chi connectivity index (χ0) is 19.9. The van der Waals surface area contributed by atoms with E-state index >= 15 is 0 Å². The van der Waals surface area contributed by atoms with Crippen LogP contribution in [-0.2, 0) is 6.42 Å². The van der Waals surface area contributed by atoms with E-state index in [2.05, 4.69) is 27.8 Å². The highest BCUT2D eigenvalue weighted by Crippen LogP contribution is 2.17. The summed E-state index contributed by atoms with van der Waals surface area (Å²) in [5.41, 5.74) is 5.51. The second kappa shape index (κ2) is 9.04. The first-order valence-corrected chi connectivity index (χ1v) is 9.26. The van der Waals surface area contributed by atoms with Gasteiger partial charge in [0.05, 0.1) is 19.0 Å². The van der Waals surface area contributed by atoms with Gasteiger partial charge in [-0.1, -0.05) is 29.8 Å². The fraction of sp³-hybridized carbons (Fsp3) is 0.217. The average Bonchev–Trinajstić information content (AvgIpc) is 2.71. The van der Waals surface area contributed by atoms with Crippen LogP contribution in [-0.4, -0.2) is 24.5 Å². The van der Waals surface area contributed by atoms with Crippen molar-refractivity contribution in [1.29, 1.82) is 0 Å². The van der Waals surface area contributed by atoms with Gasteiger partial charge in [0.2, 0.25) is 0 Å². The van der Waals surface area contributed by atoms with Crippen molar-refractivity contribution >= 4 is 17.3 Å². The number of pyridine rings is 1. The third-order valence-electron chi connectivity index (χ3n) is 4.53. The number of nitrogens with zero attached hydrogens (tertiary/aromatic N) is 1. The number of rotatable bonds is 7. The van der Waals surface area contributed by atoms with E-state index in [0.29, 0.717) is 5.69 Å². The third-order valence-corrected chi connectivity index (χ3v) is 4.53. The third kappa shape index (κ3) is 5.10. The molecule has 2 N–H and O–H groups in total. The lowest BCUT2D eigenvalue weighted by Crippen LogP contribution is -2.14. The van der Waals surface area contributed by atoms with E-state index in [0.717, 1.165) is 35.7 Å². The van der Waals surface area contributed by atoms with Crippen LogP contribution in [0.5, 0.6) is 5.75 Å². The molecule has 144 valence electrons. The van der Waals surface area contributed by atoms with Crippen LogP contribution < -0.4 is 15.4 Å². The molecule has 0 radical (unpaired) electrons. The highest BCUT2D eigenvalue weighted by Gasteiger charge is 2.09. The summed E-state index contributed by atoms with van der Waals surface area (Å²) in [6, 6.07) is 17.6. The topological polar surface area (TPSA) is 63.2 Å². The summed E-state index contributed by atoms with van der Waals surface area (Å²) in [5, 5.41) is 6.24. The van der Waals surface area contributed by atoms with Gasteiger partial charge in [-0.3, -0.25) is 4.79 Å². The Kier molecular flexibility index (Phi) is 6.27. The van der Waals surface area contributed by atoms with Gasteiger partial charge in [0, 0.05) is 12.2 Å². The number of hydrogen-bond acceptors (Lipinski definition) is 4. The summed E-state index contributed by atoms with van der Waals surface area (Å²) in [6.07, 6.45) is 2.57. The number of aromatic nitrogens is 1. The minimum Gasteiger partial charge on any atom is -0.497 e. The van der Waals surface area contributed by atoms with Crippen molar-refractivity contribution in [2.45, 2.75) is 20.3 Å². The summed E-state index contributed by atoms with van der Waals surface area (Å²) in [6.45, 7) is 4.79. The number of nitrogens with one attached hydrogen (secondary N) is 2. The van der Waals surface area contributed by atoms with Gasteiger partial charge >= 0.3 is 0 Å². The monoisotopic (exact) mass is 375 g/mol. The Balaban J connectivity index is 1.53. The van der Waals surface area contributed by atoms with E-state index in [1.165, 1.54) is 11.1 Å². The number of aryl methyl sites for hydroxylation is 2. The van der Waals surface area contributed by atoms with Gasteiger partial charge in [-0.25, -0.2) is 4.98 Å². The maximum absolute atomic E-state index is 12.4. The summed E-state index contributed by atoms with van der Waals surface area (Å²) in [7, 11) is 1.66. The molecule has 1 heterocycles. The molecule has 0 saturated heterocycles. The lowest BCUT2D eigenvalue weighted by Gasteiger charge is -2.10. The molecule has 1 amide bonds. The number of methoxy groups -OCH3 is 1. The molecule has 0 aliphatic carbocycles. The number of carbonyl (C=O) groups is 1. The summed E-state index contributed by atoms with van der Waals surface area (Å²) in [4.78, 5) is 16.7. The molecule has 5 heteroatoms. The zero-order valence-electron chi connectivity index (χ0n) is 16.5. The van der Waals surface area contributed by atoms with Crippen molar-refractivity contribution in [3.63, 3.8) is 0 Å². The Bertz CT molecular complexity index is 935. The second-order valence-electron chi connectivity index (χ2n) is 6.73. The number of carbonyl (C=O) groups excluding carboxylic acids is 1. The van der Waals surface area contributed by atoms with E-state index in [1.54, 1.807) is 19.4 Å². The van der Waals surface area contributed by atoms with Gasteiger partial charge in [-0.05, 0) is 61.7 Å². The molecule has 3 aromatic rings. The molecule has 5 nitrogen and oxygen atoms in total. The van der Waals surface area contributed by atoms with Crippen molar-refractivity contribution in [3.8, 4) is 5.75 Å². The van der Waals surface area contributed by atoms with E-state index < -0.39 is 0 Å². The number of anilines is 2. The molecule has 1 aromatic heterocycles. The lowest BCUT2D eigenvalue weighted by molar-refractivity contribution is 0.102. The Morgan fingerprint density at radius 1 is 1.04 bits per heavy atom. The molecule has 0 saturated carbocycles. The van der Waals surface area contributed by atoms with Crippen LogP contribution in [0.1, 0.15) is 27.2 Å². The fourth-order valence-electron chi connectivity index (χ4n) is 2.92. The minimum absolute atomic E-state index is 0.211. The molecule has 0 atom stereocenters.